The summed E-state index contributed by atoms with van der Waals surface area (Å²) in [7, 11) is 0. The van der Waals surface area contributed by atoms with Crippen LogP contribution in [0.15, 0.2) is 42.5 Å². The number of aliphatic hydroxyl groups is 2. The highest BCUT2D eigenvalue weighted by atomic mass is 16.3. The number of hydrogen-bond donors (Lipinski definition) is 2. The van der Waals surface area contributed by atoms with Crippen LogP contribution in [0.4, 0.5) is 0 Å². The first-order chi connectivity index (χ1) is 7.24. The molecule has 0 saturated carbocycles. The van der Waals surface area contributed by atoms with E-state index in [9.17, 15) is 5.11 Å². The molecule has 82 valence electrons. The van der Waals surface area contributed by atoms with Crippen LogP contribution in [0, 0.1) is 0 Å². The van der Waals surface area contributed by atoms with E-state index in [1.807, 2.05) is 30.3 Å². The molecule has 1 rings (SSSR count). The standard InChI is InChI=1S/C13H18O2/c1-11(9-10-14)13(15)8-7-12-5-3-2-4-6-12/h2-6,13-15H,1,7-10H2. The third kappa shape index (κ3) is 4.28. The van der Waals surface area contributed by atoms with Gasteiger partial charge in [-0.25, -0.2) is 0 Å². The van der Waals surface area contributed by atoms with Crippen LogP contribution in [0.5, 0.6) is 0 Å². The lowest BCUT2D eigenvalue weighted by Gasteiger charge is -2.12. The van der Waals surface area contributed by atoms with Crippen LogP contribution in [0.2, 0.25) is 0 Å². The van der Waals surface area contributed by atoms with Crippen LogP contribution in [0.3, 0.4) is 0 Å². The number of hydrogen-bond acceptors (Lipinski definition) is 2. The molecule has 0 amide bonds. The van der Waals surface area contributed by atoms with Crippen LogP contribution < -0.4 is 0 Å². The maximum Gasteiger partial charge on any atom is 0.0751 e. The van der Waals surface area contributed by atoms with Gasteiger partial charge in [0, 0.05) is 6.61 Å². The molecule has 2 heteroatoms. The lowest BCUT2D eigenvalue weighted by molar-refractivity contribution is 0.189. The number of rotatable bonds is 6. The van der Waals surface area contributed by atoms with Gasteiger partial charge in [-0.1, -0.05) is 36.9 Å². The monoisotopic (exact) mass is 206 g/mol. The molecule has 1 unspecified atom stereocenters. The van der Waals surface area contributed by atoms with Crippen molar-refractivity contribution in [3.8, 4) is 0 Å². The van der Waals surface area contributed by atoms with Crippen molar-refractivity contribution in [3.05, 3.63) is 48.0 Å². The van der Waals surface area contributed by atoms with Gasteiger partial charge in [-0.3, -0.25) is 0 Å². The van der Waals surface area contributed by atoms with Crippen molar-refractivity contribution in [2.45, 2.75) is 25.4 Å². The first-order valence-electron chi connectivity index (χ1n) is 5.24. The van der Waals surface area contributed by atoms with Crippen molar-refractivity contribution in [2.75, 3.05) is 6.61 Å². The topological polar surface area (TPSA) is 40.5 Å². The molecule has 0 aromatic heterocycles. The van der Waals surface area contributed by atoms with E-state index < -0.39 is 6.10 Å². The molecule has 0 aliphatic heterocycles. The van der Waals surface area contributed by atoms with Crippen LogP contribution in [-0.2, 0) is 6.42 Å². The minimum Gasteiger partial charge on any atom is -0.396 e. The second-order valence-corrected chi connectivity index (χ2v) is 3.67. The minimum atomic E-state index is -0.502. The Morgan fingerprint density at radius 3 is 2.53 bits per heavy atom. The Kier molecular flexibility index (Phi) is 5.08. The molecule has 0 radical (unpaired) electrons. The van der Waals surface area contributed by atoms with E-state index in [2.05, 4.69) is 6.58 Å². The Morgan fingerprint density at radius 1 is 1.27 bits per heavy atom. The van der Waals surface area contributed by atoms with Crippen LogP contribution in [0.25, 0.3) is 0 Å². The van der Waals surface area contributed by atoms with Crippen molar-refractivity contribution in [3.63, 3.8) is 0 Å². The van der Waals surface area contributed by atoms with Gasteiger partial charge >= 0.3 is 0 Å². The van der Waals surface area contributed by atoms with E-state index >= 15 is 0 Å². The third-order valence-corrected chi connectivity index (χ3v) is 2.45. The molecule has 0 fully saturated rings. The van der Waals surface area contributed by atoms with E-state index in [4.69, 9.17) is 5.11 Å². The first-order valence-corrected chi connectivity index (χ1v) is 5.24. The third-order valence-electron chi connectivity index (χ3n) is 2.45. The second kappa shape index (κ2) is 6.38. The maximum absolute atomic E-state index is 9.70. The summed E-state index contributed by atoms with van der Waals surface area (Å²) in [6.07, 6.45) is 1.49. The molecule has 0 aliphatic rings. The average Bonchev–Trinajstić information content (AvgIpc) is 2.27. The molecule has 1 aromatic rings. The smallest absolute Gasteiger partial charge is 0.0751 e. The average molecular weight is 206 g/mol. The van der Waals surface area contributed by atoms with Gasteiger partial charge < -0.3 is 10.2 Å². The predicted molar refractivity (Wildman–Crippen MR) is 61.6 cm³/mol. The number of aliphatic hydroxyl groups excluding tert-OH is 2. The molecule has 0 bridgehead atoms. The first kappa shape index (κ1) is 12.0. The number of benzene rings is 1. The summed E-state index contributed by atoms with van der Waals surface area (Å²) in [5, 5.41) is 18.4. The van der Waals surface area contributed by atoms with Crippen LogP contribution >= 0.6 is 0 Å². The van der Waals surface area contributed by atoms with Crippen molar-refractivity contribution >= 4 is 0 Å². The van der Waals surface area contributed by atoms with Crippen LogP contribution in [-0.4, -0.2) is 22.9 Å². The summed E-state index contributed by atoms with van der Waals surface area (Å²) in [6.45, 7) is 3.80. The highest BCUT2D eigenvalue weighted by Crippen LogP contribution is 2.12. The Labute approximate surface area is 90.9 Å². The molecule has 0 aliphatic carbocycles. The van der Waals surface area contributed by atoms with E-state index in [1.165, 1.54) is 5.56 Å². The van der Waals surface area contributed by atoms with Gasteiger partial charge in [-0.15, -0.1) is 0 Å². The SMILES string of the molecule is C=C(CCO)C(O)CCc1ccccc1. The summed E-state index contributed by atoms with van der Waals surface area (Å²) in [4.78, 5) is 0. The van der Waals surface area contributed by atoms with Crippen molar-refractivity contribution in [1.29, 1.82) is 0 Å². The van der Waals surface area contributed by atoms with Gasteiger partial charge in [0.2, 0.25) is 0 Å². The van der Waals surface area contributed by atoms with E-state index in [-0.39, 0.29) is 6.61 Å². The highest BCUT2D eigenvalue weighted by molar-refractivity contribution is 5.15. The molecule has 2 nitrogen and oxygen atoms in total. The minimum absolute atomic E-state index is 0.0568. The molecular formula is C13H18O2. The van der Waals surface area contributed by atoms with E-state index in [0.29, 0.717) is 18.4 Å². The van der Waals surface area contributed by atoms with Gasteiger partial charge in [0.05, 0.1) is 6.10 Å². The molecule has 0 spiro atoms. The molecule has 0 heterocycles. The zero-order chi connectivity index (χ0) is 11.1. The van der Waals surface area contributed by atoms with Crippen LogP contribution in [0.1, 0.15) is 18.4 Å². The normalized spacial score (nSPS) is 12.4. The summed E-state index contributed by atoms with van der Waals surface area (Å²) >= 11 is 0. The maximum atomic E-state index is 9.70. The quantitative estimate of drug-likeness (QED) is 0.698. The fourth-order valence-corrected chi connectivity index (χ4v) is 1.46. The Bertz CT molecular complexity index is 293. The molecular weight excluding hydrogens is 188 g/mol. The lowest BCUT2D eigenvalue weighted by atomic mass is 10.0. The Balaban J connectivity index is 2.34. The Morgan fingerprint density at radius 2 is 1.93 bits per heavy atom. The fraction of sp³-hybridized carbons (Fsp3) is 0.385. The fourth-order valence-electron chi connectivity index (χ4n) is 1.46. The largest absolute Gasteiger partial charge is 0.396 e. The van der Waals surface area contributed by atoms with Gasteiger partial charge in [0.1, 0.15) is 0 Å². The van der Waals surface area contributed by atoms with E-state index in [0.717, 1.165) is 6.42 Å². The van der Waals surface area contributed by atoms with Gasteiger partial charge in [0.25, 0.3) is 0 Å². The number of aryl methyl sites for hydroxylation is 1. The summed E-state index contributed by atoms with van der Waals surface area (Å²) < 4.78 is 0. The van der Waals surface area contributed by atoms with Crippen molar-refractivity contribution < 1.29 is 10.2 Å². The summed E-state index contributed by atoms with van der Waals surface area (Å²) in [5.74, 6) is 0. The van der Waals surface area contributed by atoms with Gasteiger partial charge in [-0.05, 0) is 30.4 Å². The molecule has 1 atom stereocenters. The molecule has 0 saturated heterocycles. The zero-order valence-electron chi connectivity index (χ0n) is 8.89. The molecule has 15 heavy (non-hydrogen) atoms. The molecule has 1 aromatic carbocycles. The van der Waals surface area contributed by atoms with Crippen molar-refractivity contribution in [2.24, 2.45) is 0 Å². The van der Waals surface area contributed by atoms with Crippen molar-refractivity contribution in [1.82, 2.24) is 0 Å². The highest BCUT2D eigenvalue weighted by Gasteiger charge is 2.07. The lowest BCUT2D eigenvalue weighted by Crippen LogP contribution is -2.11. The van der Waals surface area contributed by atoms with Gasteiger partial charge in [0.15, 0.2) is 0 Å². The summed E-state index contributed by atoms with van der Waals surface area (Å²) in [5.41, 5.74) is 1.93. The Hall–Kier alpha value is -1.12. The summed E-state index contributed by atoms with van der Waals surface area (Å²) in [6, 6.07) is 10.0. The molecule has 2 N–H and O–H groups in total. The predicted octanol–water partition coefficient (Wildman–Crippen LogP) is 1.92. The van der Waals surface area contributed by atoms with Gasteiger partial charge in [-0.2, -0.15) is 0 Å². The zero-order valence-corrected chi connectivity index (χ0v) is 8.89. The van der Waals surface area contributed by atoms with E-state index in [1.54, 1.807) is 0 Å². The second-order valence-electron chi connectivity index (χ2n) is 3.67.